The van der Waals surface area contributed by atoms with Crippen molar-refractivity contribution in [1.29, 1.82) is 0 Å². The van der Waals surface area contributed by atoms with E-state index in [-0.39, 0.29) is 18.3 Å². The number of carbonyl (C=O) groups excluding carboxylic acids is 1. The van der Waals surface area contributed by atoms with Crippen LogP contribution >= 0.6 is 0 Å². The van der Waals surface area contributed by atoms with Gasteiger partial charge in [-0.3, -0.25) is 4.79 Å². The van der Waals surface area contributed by atoms with E-state index >= 15 is 0 Å². The fourth-order valence-corrected chi connectivity index (χ4v) is 2.11. The number of nitrogens with one attached hydrogen (secondary N) is 2. The summed E-state index contributed by atoms with van der Waals surface area (Å²) < 4.78 is 18.2. The van der Waals surface area contributed by atoms with Crippen LogP contribution in [-0.4, -0.2) is 32.2 Å². The Morgan fingerprint density at radius 3 is 2.89 bits per heavy atom. The number of amides is 1. The number of anilines is 1. The normalized spacial score (nSPS) is 16.3. The molecule has 1 saturated heterocycles. The second-order valence-electron chi connectivity index (χ2n) is 4.75. The van der Waals surface area contributed by atoms with Crippen molar-refractivity contribution in [2.75, 3.05) is 31.6 Å². The van der Waals surface area contributed by atoms with Gasteiger partial charge >= 0.3 is 0 Å². The lowest BCUT2D eigenvalue weighted by atomic mass is 10.0. The highest BCUT2D eigenvalue weighted by Crippen LogP contribution is 2.13. The van der Waals surface area contributed by atoms with E-state index in [2.05, 4.69) is 10.6 Å². The van der Waals surface area contributed by atoms with Crippen molar-refractivity contribution in [3.8, 4) is 0 Å². The molecule has 2 N–H and O–H groups in total. The van der Waals surface area contributed by atoms with E-state index in [4.69, 9.17) is 4.74 Å². The molecule has 1 aliphatic rings. The second kappa shape index (κ2) is 7.21. The van der Waals surface area contributed by atoms with E-state index < -0.39 is 0 Å². The van der Waals surface area contributed by atoms with Crippen LogP contribution in [0.2, 0.25) is 0 Å². The molecule has 1 heterocycles. The summed E-state index contributed by atoms with van der Waals surface area (Å²) in [5.74, 6) is 0.0707. The molecule has 0 bridgehead atoms. The largest absolute Gasteiger partial charge is 0.381 e. The Hall–Kier alpha value is -1.46. The second-order valence-corrected chi connectivity index (χ2v) is 4.75. The van der Waals surface area contributed by atoms with Crippen molar-refractivity contribution >= 4 is 11.6 Å². The molecule has 1 aromatic carbocycles. The first kappa shape index (κ1) is 14.0. The number of benzene rings is 1. The summed E-state index contributed by atoms with van der Waals surface area (Å²) in [6.07, 6.45) is 2.08. The van der Waals surface area contributed by atoms with Crippen LogP contribution in [0.1, 0.15) is 12.8 Å². The van der Waals surface area contributed by atoms with E-state index in [1.54, 1.807) is 12.1 Å². The summed E-state index contributed by atoms with van der Waals surface area (Å²) in [5, 5.41) is 5.78. The minimum atomic E-state index is -0.354. The number of hydrogen-bond acceptors (Lipinski definition) is 3. The lowest BCUT2D eigenvalue weighted by Crippen LogP contribution is -2.33. The summed E-state index contributed by atoms with van der Waals surface area (Å²) in [6, 6.07) is 5.88. The van der Waals surface area contributed by atoms with Gasteiger partial charge < -0.3 is 15.4 Å². The third-order valence-corrected chi connectivity index (χ3v) is 3.17. The minimum Gasteiger partial charge on any atom is -0.381 e. The SMILES string of the molecule is O=C(CNCC1CCOCC1)Nc1cccc(F)c1. The molecule has 0 spiro atoms. The van der Waals surface area contributed by atoms with Gasteiger partial charge in [0.25, 0.3) is 0 Å². The summed E-state index contributed by atoms with van der Waals surface area (Å²) in [4.78, 5) is 11.6. The van der Waals surface area contributed by atoms with Crippen LogP contribution in [-0.2, 0) is 9.53 Å². The fraction of sp³-hybridized carbons (Fsp3) is 0.500. The quantitative estimate of drug-likeness (QED) is 0.854. The molecule has 0 atom stereocenters. The molecule has 1 aromatic rings. The standard InChI is InChI=1S/C14H19FN2O2/c15-12-2-1-3-13(8-12)17-14(18)10-16-9-11-4-6-19-7-5-11/h1-3,8,11,16H,4-7,9-10H2,(H,17,18). The van der Waals surface area contributed by atoms with Crippen LogP contribution in [0.3, 0.4) is 0 Å². The van der Waals surface area contributed by atoms with Gasteiger partial charge in [0.05, 0.1) is 6.54 Å². The molecule has 2 rings (SSSR count). The Balaban J connectivity index is 1.67. The predicted molar refractivity (Wildman–Crippen MR) is 71.4 cm³/mol. The Morgan fingerprint density at radius 1 is 1.37 bits per heavy atom. The van der Waals surface area contributed by atoms with Crippen LogP contribution in [0.25, 0.3) is 0 Å². The summed E-state index contributed by atoms with van der Waals surface area (Å²) in [6.45, 7) is 2.68. The molecular weight excluding hydrogens is 247 g/mol. The maximum atomic E-state index is 12.9. The summed E-state index contributed by atoms with van der Waals surface area (Å²) >= 11 is 0. The van der Waals surface area contributed by atoms with Crippen molar-refractivity contribution in [3.63, 3.8) is 0 Å². The number of halogens is 1. The first-order valence-corrected chi connectivity index (χ1v) is 6.58. The number of ether oxygens (including phenoxy) is 1. The first-order chi connectivity index (χ1) is 9.24. The molecule has 1 aliphatic heterocycles. The minimum absolute atomic E-state index is 0.155. The van der Waals surface area contributed by atoms with E-state index in [1.165, 1.54) is 12.1 Å². The van der Waals surface area contributed by atoms with Crippen LogP contribution in [0.5, 0.6) is 0 Å². The molecule has 0 unspecified atom stereocenters. The molecule has 0 saturated carbocycles. The smallest absolute Gasteiger partial charge is 0.238 e. The zero-order valence-electron chi connectivity index (χ0n) is 10.8. The van der Waals surface area contributed by atoms with Crippen molar-refractivity contribution in [2.45, 2.75) is 12.8 Å². The van der Waals surface area contributed by atoms with Crippen molar-refractivity contribution < 1.29 is 13.9 Å². The third-order valence-electron chi connectivity index (χ3n) is 3.17. The number of carbonyl (C=O) groups is 1. The summed E-state index contributed by atoms with van der Waals surface area (Å²) in [5.41, 5.74) is 0.484. The molecule has 1 fully saturated rings. The maximum Gasteiger partial charge on any atom is 0.238 e. The molecular formula is C14H19FN2O2. The molecule has 5 heteroatoms. The Morgan fingerprint density at radius 2 is 2.16 bits per heavy atom. The summed E-state index contributed by atoms with van der Waals surface area (Å²) in [7, 11) is 0. The van der Waals surface area contributed by atoms with Crippen LogP contribution in [0.4, 0.5) is 10.1 Å². The average Bonchev–Trinajstić information content (AvgIpc) is 2.40. The molecule has 19 heavy (non-hydrogen) atoms. The van der Waals surface area contributed by atoms with E-state index in [0.29, 0.717) is 11.6 Å². The predicted octanol–water partition coefficient (Wildman–Crippen LogP) is 1.78. The van der Waals surface area contributed by atoms with Gasteiger partial charge in [-0.25, -0.2) is 4.39 Å². The topological polar surface area (TPSA) is 50.4 Å². The van der Waals surface area contributed by atoms with E-state index in [9.17, 15) is 9.18 Å². The van der Waals surface area contributed by atoms with Gasteiger partial charge in [-0.15, -0.1) is 0 Å². The highest BCUT2D eigenvalue weighted by Gasteiger charge is 2.13. The third kappa shape index (κ3) is 4.96. The molecule has 0 aliphatic carbocycles. The molecule has 4 nitrogen and oxygen atoms in total. The van der Waals surface area contributed by atoms with Gasteiger partial charge in [-0.05, 0) is 43.5 Å². The van der Waals surface area contributed by atoms with Gasteiger partial charge in [-0.2, -0.15) is 0 Å². The monoisotopic (exact) mass is 266 g/mol. The Kier molecular flexibility index (Phi) is 5.30. The van der Waals surface area contributed by atoms with Crippen LogP contribution in [0, 0.1) is 11.7 Å². The fourth-order valence-electron chi connectivity index (χ4n) is 2.11. The maximum absolute atomic E-state index is 12.9. The number of rotatable bonds is 5. The first-order valence-electron chi connectivity index (χ1n) is 6.58. The van der Waals surface area contributed by atoms with Gasteiger partial charge in [0.2, 0.25) is 5.91 Å². The van der Waals surface area contributed by atoms with Gasteiger partial charge in [-0.1, -0.05) is 6.07 Å². The molecule has 0 radical (unpaired) electrons. The van der Waals surface area contributed by atoms with Crippen molar-refractivity contribution in [3.05, 3.63) is 30.1 Å². The van der Waals surface area contributed by atoms with E-state index in [0.717, 1.165) is 32.6 Å². The highest BCUT2D eigenvalue weighted by molar-refractivity contribution is 5.92. The molecule has 1 amide bonds. The average molecular weight is 266 g/mol. The van der Waals surface area contributed by atoms with Crippen LogP contribution in [0.15, 0.2) is 24.3 Å². The lowest BCUT2D eigenvalue weighted by Gasteiger charge is -2.22. The van der Waals surface area contributed by atoms with Crippen LogP contribution < -0.4 is 10.6 Å². The Bertz CT molecular complexity index is 420. The van der Waals surface area contributed by atoms with Crippen molar-refractivity contribution in [2.24, 2.45) is 5.92 Å². The van der Waals surface area contributed by atoms with Gasteiger partial charge in [0.1, 0.15) is 5.82 Å². The zero-order valence-corrected chi connectivity index (χ0v) is 10.8. The highest BCUT2D eigenvalue weighted by atomic mass is 19.1. The number of hydrogen-bond donors (Lipinski definition) is 2. The molecule has 0 aromatic heterocycles. The zero-order chi connectivity index (χ0) is 13.5. The van der Waals surface area contributed by atoms with E-state index in [1.807, 2.05) is 0 Å². The van der Waals surface area contributed by atoms with Crippen molar-refractivity contribution in [1.82, 2.24) is 5.32 Å². The van der Waals surface area contributed by atoms with Gasteiger partial charge in [0.15, 0.2) is 0 Å². The Labute approximate surface area is 112 Å². The van der Waals surface area contributed by atoms with Gasteiger partial charge in [0, 0.05) is 18.9 Å². The molecule has 104 valence electrons. The lowest BCUT2D eigenvalue weighted by molar-refractivity contribution is -0.115.